The SMILES string of the molecule is C=C(C)CN(C)c1c(F)cccc1C(C)=O. The van der Waals surface area contributed by atoms with Gasteiger partial charge in [-0.15, -0.1) is 0 Å². The predicted molar refractivity (Wildman–Crippen MR) is 64.5 cm³/mol. The van der Waals surface area contributed by atoms with Crippen LogP contribution in [-0.2, 0) is 0 Å². The van der Waals surface area contributed by atoms with Crippen LogP contribution in [0.3, 0.4) is 0 Å². The first-order valence-corrected chi connectivity index (χ1v) is 5.08. The van der Waals surface area contributed by atoms with Crippen molar-refractivity contribution in [1.29, 1.82) is 0 Å². The fourth-order valence-electron chi connectivity index (χ4n) is 1.67. The molecule has 2 nitrogen and oxygen atoms in total. The normalized spacial score (nSPS) is 10.0. The quantitative estimate of drug-likeness (QED) is 0.575. The van der Waals surface area contributed by atoms with E-state index in [0.717, 1.165) is 5.57 Å². The minimum absolute atomic E-state index is 0.136. The zero-order valence-corrected chi connectivity index (χ0v) is 9.88. The zero-order valence-electron chi connectivity index (χ0n) is 9.88. The van der Waals surface area contributed by atoms with E-state index in [0.29, 0.717) is 17.8 Å². The van der Waals surface area contributed by atoms with Crippen molar-refractivity contribution < 1.29 is 9.18 Å². The molecule has 1 rings (SSSR count). The summed E-state index contributed by atoms with van der Waals surface area (Å²) in [5.41, 5.74) is 1.67. The Morgan fingerprint density at radius 1 is 1.44 bits per heavy atom. The highest BCUT2D eigenvalue weighted by Gasteiger charge is 2.15. The van der Waals surface area contributed by atoms with Crippen molar-refractivity contribution in [1.82, 2.24) is 0 Å². The summed E-state index contributed by atoms with van der Waals surface area (Å²) in [6.07, 6.45) is 0. The number of carbonyl (C=O) groups excluding carboxylic acids is 1. The van der Waals surface area contributed by atoms with Crippen LogP contribution in [0.2, 0.25) is 0 Å². The molecule has 86 valence electrons. The molecule has 0 aromatic heterocycles. The second kappa shape index (κ2) is 4.92. The van der Waals surface area contributed by atoms with Gasteiger partial charge >= 0.3 is 0 Å². The van der Waals surface area contributed by atoms with Gasteiger partial charge in [-0.3, -0.25) is 4.79 Å². The molecule has 0 spiro atoms. The molecule has 16 heavy (non-hydrogen) atoms. The number of hydrogen-bond acceptors (Lipinski definition) is 2. The van der Waals surface area contributed by atoms with Crippen molar-refractivity contribution in [2.45, 2.75) is 13.8 Å². The molecule has 0 bridgehead atoms. The molecule has 0 N–H and O–H groups in total. The van der Waals surface area contributed by atoms with Crippen molar-refractivity contribution in [3.63, 3.8) is 0 Å². The van der Waals surface area contributed by atoms with Crippen molar-refractivity contribution >= 4 is 11.5 Å². The number of benzene rings is 1. The summed E-state index contributed by atoms with van der Waals surface area (Å²) in [6, 6.07) is 4.54. The van der Waals surface area contributed by atoms with Gasteiger partial charge in [0, 0.05) is 19.2 Å². The number of halogens is 1. The first-order chi connectivity index (χ1) is 7.43. The summed E-state index contributed by atoms with van der Waals surface area (Å²) in [7, 11) is 1.75. The van der Waals surface area contributed by atoms with E-state index in [-0.39, 0.29) is 11.6 Å². The molecule has 0 aliphatic heterocycles. The molecule has 0 aliphatic rings. The summed E-state index contributed by atoms with van der Waals surface area (Å²) in [4.78, 5) is 13.1. The van der Waals surface area contributed by atoms with Crippen LogP contribution in [0.25, 0.3) is 0 Å². The third-order valence-corrected chi connectivity index (χ3v) is 2.25. The van der Waals surface area contributed by atoms with Crippen LogP contribution in [0.4, 0.5) is 10.1 Å². The fourth-order valence-corrected chi connectivity index (χ4v) is 1.67. The van der Waals surface area contributed by atoms with Crippen LogP contribution in [0.15, 0.2) is 30.4 Å². The van der Waals surface area contributed by atoms with Gasteiger partial charge in [0.1, 0.15) is 5.82 Å². The number of rotatable bonds is 4. The first-order valence-electron chi connectivity index (χ1n) is 5.08. The van der Waals surface area contributed by atoms with Crippen LogP contribution in [0.5, 0.6) is 0 Å². The molecular formula is C13H16FNO. The Labute approximate surface area is 95.4 Å². The maximum Gasteiger partial charge on any atom is 0.161 e. The number of Topliss-reactive ketones (excluding diaryl/α,β-unsaturated/α-hetero) is 1. The molecule has 0 aliphatic carbocycles. The Hall–Kier alpha value is -1.64. The van der Waals surface area contributed by atoms with E-state index < -0.39 is 0 Å². The van der Waals surface area contributed by atoms with Gasteiger partial charge in [0.2, 0.25) is 0 Å². The second-order valence-electron chi connectivity index (χ2n) is 4.01. The topological polar surface area (TPSA) is 20.3 Å². The lowest BCUT2D eigenvalue weighted by atomic mass is 10.1. The van der Waals surface area contributed by atoms with Gasteiger partial charge in [0.25, 0.3) is 0 Å². The first kappa shape index (κ1) is 12.4. The van der Waals surface area contributed by atoms with Crippen molar-refractivity contribution in [2.24, 2.45) is 0 Å². The average molecular weight is 221 g/mol. The summed E-state index contributed by atoms with van der Waals surface area (Å²) in [5.74, 6) is -0.514. The highest BCUT2D eigenvalue weighted by molar-refractivity contribution is 5.99. The van der Waals surface area contributed by atoms with E-state index in [4.69, 9.17) is 0 Å². The van der Waals surface area contributed by atoms with Gasteiger partial charge < -0.3 is 4.90 Å². The molecule has 0 fully saturated rings. The summed E-state index contributed by atoms with van der Waals surface area (Å²) in [6.45, 7) is 7.61. The van der Waals surface area contributed by atoms with Crippen molar-refractivity contribution in [2.75, 3.05) is 18.5 Å². The Bertz CT molecular complexity index is 426. The summed E-state index contributed by atoms with van der Waals surface area (Å²) >= 11 is 0. The van der Waals surface area contributed by atoms with Gasteiger partial charge in [-0.05, 0) is 26.0 Å². The Morgan fingerprint density at radius 2 is 2.06 bits per heavy atom. The van der Waals surface area contributed by atoms with Gasteiger partial charge in [-0.2, -0.15) is 0 Å². The van der Waals surface area contributed by atoms with E-state index in [1.165, 1.54) is 13.0 Å². The van der Waals surface area contributed by atoms with E-state index in [1.807, 2.05) is 6.92 Å². The average Bonchev–Trinajstić information content (AvgIpc) is 2.15. The molecular weight excluding hydrogens is 205 g/mol. The van der Waals surface area contributed by atoms with E-state index in [2.05, 4.69) is 6.58 Å². The lowest BCUT2D eigenvalue weighted by Gasteiger charge is -2.22. The highest BCUT2D eigenvalue weighted by Crippen LogP contribution is 2.24. The molecule has 1 aromatic rings. The molecule has 0 heterocycles. The number of para-hydroxylation sites is 1. The Balaban J connectivity index is 3.19. The predicted octanol–water partition coefficient (Wildman–Crippen LogP) is 3.04. The second-order valence-corrected chi connectivity index (χ2v) is 4.01. The van der Waals surface area contributed by atoms with Crippen LogP contribution < -0.4 is 4.90 Å². The van der Waals surface area contributed by atoms with Crippen LogP contribution in [0.1, 0.15) is 24.2 Å². The molecule has 0 atom stereocenters. The molecule has 0 amide bonds. The standard InChI is InChI=1S/C13H16FNO/c1-9(2)8-15(4)13-11(10(3)16)6-5-7-12(13)14/h5-7H,1,8H2,2-4H3. The minimum atomic E-state index is -0.378. The lowest BCUT2D eigenvalue weighted by molar-refractivity contribution is 0.101. The number of hydrogen-bond donors (Lipinski definition) is 0. The smallest absolute Gasteiger partial charge is 0.161 e. The maximum atomic E-state index is 13.7. The number of nitrogens with zero attached hydrogens (tertiary/aromatic N) is 1. The zero-order chi connectivity index (χ0) is 12.3. The molecule has 0 unspecified atom stereocenters. The molecule has 0 radical (unpaired) electrons. The number of carbonyl (C=O) groups is 1. The van der Waals surface area contributed by atoms with Gasteiger partial charge in [-0.25, -0.2) is 4.39 Å². The summed E-state index contributed by atoms with van der Waals surface area (Å²) < 4.78 is 13.7. The summed E-state index contributed by atoms with van der Waals surface area (Å²) in [5, 5.41) is 0. The molecule has 0 saturated heterocycles. The molecule has 3 heteroatoms. The van der Waals surface area contributed by atoms with Gasteiger partial charge in [0.15, 0.2) is 5.78 Å². The highest BCUT2D eigenvalue weighted by atomic mass is 19.1. The van der Waals surface area contributed by atoms with Crippen molar-refractivity contribution in [3.8, 4) is 0 Å². The largest absolute Gasteiger partial charge is 0.368 e. The maximum absolute atomic E-state index is 13.7. The van der Waals surface area contributed by atoms with E-state index in [1.54, 1.807) is 24.1 Å². The van der Waals surface area contributed by atoms with Crippen molar-refractivity contribution in [3.05, 3.63) is 41.7 Å². The third-order valence-electron chi connectivity index (χ3n) is 2.25. The minimum Gasteiger partial charge on any atom is -0.368 e. The Morgan fingerprint density at radius 3 is 2.56 bits per heavy atom. The van der Waals surface area contributed by atoms with Gasteiger partial charge in [-0.1, -0.05) is 18.2 Å². The fraction of sp³-hybridized carbons (Fsp3) is 0.308. The third kappa shape index (κ3) is 2.69. The van der Waals surface area contributed by atoms with Crippen LogP contribution in [0, 0.1) is 5.82 Å². The Kier molecular flexibility index (Phi) is 3.82. The van der Waals surface area contributed by atoms with Crippen LogP contribution in [-0.4, -0.2) is 19.4 Å². The lowest BCUT2D eigenvalue weighted by Crippen LogP contribution is -2.22. The van der Waals surface area contributed by atoms with Crippen LogP contribution >= 0.6 is 0 Å². The number of anilines is 1. The van der Waals surface area contributed by atoms with Gasteiger partial charge in [0.05, 0.1) is 5.69 Å². The van der Waals surface area contributed by atoms with E-state index >= 15 is 0 Å². The monoisotopic (exact) mass is 221 g/mol. The van der Waals surface area contributed by atoms with E-state index in [9.17, 15) is 9.18 Å². The number of likely N-dealkylation sites (N-methyl/N-ethyl adjacent to an activating group) is 1. The molecule has 1 aromatic carbocycles. The molecule has 0 saturated carbocycles. The number of ketones is 1.